The lowest BCUT2D eigenvalue weighted by atomic mass is 10.3. The molecule has 3 rings (SSSR count). The van der Waals surface area contributed by atoms with E-state index in [9.17, 15) is 8.42 Å². The van der Waals surface area contributed by atoms with Crippen molar-refractivity contribution in [3.05, 3.63) is 40.4 Å². The van der Waals surface area contributed by atoms with Crippen LogP contribution in [0.4, 0.5) is 5.69 Å². The largest absolute Gasteiger partial charge is 0.491 e. The van der Waals surface area contributed by atoms with Gasteiger partial charge in [-0.25, -0.2) is 13.0 Å². The van der Waals surface area contributed by atoms with Gasteiger partial charge in [0.15, 0.2) is 11.0 Å². The van der Waals surface area contributed by atoms with E-state index in [4.69, 9.17) is 27.9 Å². The smallest absolute Gasteiger partial charge is 0.264 e. The Hall–Kier alpha value is -2.07. The average Bonchev–Trinajstić information content (AvgIpc) is 3.07. The Balaban J connectivity index is 1.87. The molecule has 0 spiro atoms. The molecule has 0 radical (unpaired) electrons. The molecule has 27 heavy (non-hydrogen) atoms. The first-order valence-corrected chi connectivity index (χ1v) is 10.0. The summed E-state index contributed by atoms with van der Waals surface area (Å²) in [6.45, 7) is 1.10. The minimum Gasteiger partial charge on any atom is -0.491 e. The summed E-state index contributed by atoms with van der Waals surface area (Å²) < 4.78 is 38.3. The maximum Gasteiger partial charge on any atom is 0.264 e. The highest BCUT2D eigenvalue weighted by Crippen LogP contribution is 2.31. The van der Waals surface area contributed by atoms with Crippen molar-refractivity contribution < 1.29 is 17.8 Å². The summed E-state index contributed by atoms with van der Waals surface area (Å²) >= 11 is 12.1. The van der Waals surface area contributed by atoms with Gasteiger partial charge in [-0.15, -0.1) is 0 Å². The van der Waals surface area contributed by atoms with Gasteiger partial charge in [0.1, 0.15) is 17.3 Å². The summed E-state index contributed by atoms with van der Waals surface area (Å²) in [6, 6.07) is 7.36. The van der Waals surface area contributed by atoms with E-state index in [0.717, 1.165) is 0 Å². The van der Waals surface area contributed by atoms with Gasteiger partial charge in [0, 0.05) is 12.6 Å². The maximum absolute atomic E-state index is 12.8. The predicted molar refractivity (Wildman–Crippen MR) is 103 cm³/mol. The highest BCUT2D eigenvalue weighted by atomic mass is 35.5. The zero-order valence-corrected chi connectivity index (χ0v) is 16.8. The number of halogens is 2. The SMILES string of the molecule is CN(C)CCOc1cc(NS(=O)(=O)c2ccc(Cl)c3nonc23)ccc1Cl. The van der Waals surface area contributed by atoms with Gasteiger partial charge in [-0.3, -0.25) is 4.72 Å². The molecule has 0 aliphatic rings. The van der Waals surface area contributed by atoms with Crippen LogP contribution in [-0.2, 0) is 10.0 Å². The van der Waals surface area contributed by atoms with Crippen molar-refractivity contribution in [2.75, 3.05) is 32.0 Å². The number of sulfonamides is 1. The number of likely N-dealkylation sites (N-methyl/N-ethyl adjacent to an activating group) is 1. The van der Waals surface area contributed by atoms with Crippen LogP contribution >= 0.6 is 23.2 Å². The van der Waals surface area contributed by atoms with Crippen molar-refractivity contribution in [2.24, 2.45) is 0 Å². The molecule has 0 saturated heterocycles. The number of ether oxygens (including phenoxy) is 1. The fraction of sp³-hybridized carbons (Fsp3) is 0.250. The summed E-state index contributed by atoms with van der Waals surface area (Å²) in [5.74, 6) is 0.378. The third kappa shape index (κ3) is 4.44. The zero-order valence-electron chi connectivity index (χ0n) is 14.4. The fourth-order valence-electron chi connectivity index (χ4n) is 2.26. The number of fused-ring (bicyclic) bond motifs is 1. The standard InChI is InChI=1S/C16H16Cl2N4O4S/c1-22(2)7-8-25-13-9-10(3-4-11(13)17)21-27(23,24)14-6-5-12(18)15-16(14)20-26-19-15/h3-6,9,21H,7-8H2,1-2H3. The van der Waals surface area contributed by atoms with E-state index in [2.05, 4.69) is 19.7 Å². The highest BCUT2D eigenvalue weighted by molar-refractivity contribution is 7.93. The first kappa shape index (κ1) is 19.7. The summed E-state index contributed by atoms with van der Waals surface area (Å²) in [7, 11) is -0.133. The molecule has 11 heteroatoms. The molecule has 0 aliphatic heterocycles. The van der Waals surface area contributed by atoms with Gasteiger partial charge in [0.2, 0.25) is 0 Å². The lowest BCUT2D eigenvalue weighted by molar-refractivity contribution is 0.261. The van der Waals surface area contributed by atoms with Crippen molar-refractivity contribution in [1.29, 1.82) is 0 Å². The Labute approximate surface area is 166 Å². The number of hydrogen-bond acceptors (Lipinski definition) is 7. The molecule has 144 valence electrons. The molecule has 0 unspecified atom stereocenters. The predicted octanol–water partition coefficient (Wildman–Crippen LogP) is 3.27. The third-order valence-corrected chi connectivity index (χ3v) is 5.63. The van der Waals surface area contributed by atoms with Crippen molar-refractivity contribution in [3.63, 3.8) is 0 Å². The summed E-state index contributed by atoms with van der Waals surface area (Å²) in [5, 5.41) is 7.88. The molecule has 0 aliphatic carbocycles. The molecule has 1 heterocycles. The Morgan fingerprint density at radius 2 is 1.81 bits per heavy atom. The van der Waals surface area contributed by atoms with Crippen molar-refractivity contribution in [2.45, 2.75) is 4.90 Å². The average molecular weight is 431 g/mol. The minimum atomic E-state index is -3.97. The summed E-state index contributed by atoms with van der Waals surface area (Å²) in [5.41, 5.74) is 0.508. The molecule has 3 aromatic rings. The van der Waals surface area contributed by atoms with Crippen molar-refractivity contribution in [3.8, 4) is 5.75 Å². The quantitative estimate of drug-likeness (QED) is 0.613. The van der Waals surface area contributed by atoms with E-state index in [-0.39, 0.29) is 21.0 Å². The molecule has 1 aromatic heterocycles. The number of anilines is 1. The number of aromatic nitrogens is 2. The number of nitrogens with one attached hydrogen (secondary N) is 1. The van der Waals surface area contributed by atoms with Crippen LogP contribution in [0, 0.1) is 0 Å². The van der Waals surface area contributed by atoms with Crippen molar-refractivity contribution in [1.82, 2.24) is 15.2 Å². The van der Waals surface area contributed by atoms with Crippen LogP contribution in [-0.4, -0.2) is 50.9 Å². The van der Waals surface area contributed by atoms with Crippen LogP contribution in [0.2, 0.25) is 10.0 Å². The van der Waals surface area contributed by atoms with Gasteiger partial charge < -0.3 is 9.64 Å². The van der Waals surface area contributed by atoms with Gasteiger partial charge >= 0.3 is 0 Å². The summed E-state index contributed by atoms with van der Waals surface area (Å²) in [6.07, 6.45) is 0. The second-order valence-electron chi connectivity index (χ2n) is 5.91. The number of benzene rings is 2. The second kappa shape index (κ2) is 7.89. The number of rotatable bonds is 7. The van der Waals surface area contributed by atoms with Crippen LogP contribution in [0.3, 0.4) is 0 Å². The zero-order chi connectivity index (χ0) is 19.6. The normalized spacial score (nSPS) is 11.9. The first-order valence-electron chi connectivity index (χ1n) is 7.78. The summed E-state index contributed by atoms with van der Waals surface area (Å²) in [4.78, 5) is 1.85. The molecule has 2 aromatic carbocycles. The molecular formula is C16H16Cl2N4O4S. The number of hydrogen-bond donors (Lipinski definition) is 1. The lowest BCUT2D eigenvalue weighted by Gasteiger charge is -2.14. The molecule has 1 N–H and O–H groups in total. The Morgan fingerprint density at radius 1 is 1.11 bits per heavy atom. The van der Waals surface area contributed by atoms with E-state index in [1.165, 1.54) is 24.3 Å². The maximum atomic E-state index is 12.8. The van der Waals surface area contributed by atoms with Gasteiger partial charge in [0.05, 0.1) is 15.7 Å². The van der Waals surface area contributed by atoms with Crippen molar-refractivity contribution >= 4 is 49.9 Å². The Bertz CT molecular complexity index is 1070. The molecule has 0 bridgehead atoms. The lowest BCUT2D eigenvalue weighted by Crippen LogP contribution is -2.19. The Kier molecular flexibility index (Phi) is 5.75. The van der Waals surface area contributed by atoms with Gasteiger partial charge in [-0.05, 0) is 48.7 Å². The van der Waals surface area contributed by atoms with Crippen LogP contribution in [0.15, 0.2) is 39.9 Å². The van der Waals surface area contributed by atoms with Crippen LogP contribution < -0.4 is 9.46 Å². The molecule has 8 nitrogen and oxygen atoms in total. The molecule has 0 atom stereocenters. The Morgan fingerprint density at radius 3 is 2.56 bits per heavy atom. The third-order valence-electron chi connectivity index (χ3n) is 3.60. The topological polar surface area (TPSA) is 97.6 Å². The monoisotopic (exact) mass is 430 g/mol. The van der Waals surface area contributed by atoms with E-state index in [0.29, 0.717) is 29.6 Å². The molecule has 0 fully saturated rings. The molecule has 0 amide bonds. The molecular weight excluding hydrogens is 415 g/mol. The van der Waals surface area contributed by atoms with Gasteiger partial charge in [-0.1, -0.05) is 23.2 Å². The van der Waals surface area contributed by atoms with Crippen LogP contribution in [0.25, 0.3) is 11.0 Å². The van der Waals surface area contributed by atoms with E-state index >= 15 is 0 Å². The molecule has 0 saturated carbocycles. The first-order chi connectivity index (χ1) is 12.8. The minimum absolute atomic E-state index is 0.0476. The second-order valence-corrected chi connectivity index (χ2v) is 8.37. The van der Waals surface area contributed by atoms with E-state index in [1.807, 2.05) is 19.0 Å². The van der Waals surface area contributed by atoms with Gasteiger partial charge in [-0.2, -0.15) is 0 Å². The van der Waals surface area contributed by atoms with Gasteiger partial charge in [0.25, 0.3) is 10.0 Å². The van der Waals surface area contributed by atoms with Crippen LogP contribution in [0.5, 0.6) is 5.75 Å². The number of nitrogens with zero attached hydrogens (tertiary/aromatic N) is 3. The van der Waals surface area contributed by atoms with E-state index < -0.39 is 10.0 Å². The van der Waals surface area contributed by atoms with E-state index in [1.54, 1.807) is 6.07 Å². The fourth-order valence-corrected chi connectivity index (χ4v) is 3.80. The highest BCUT2D eigenvalue weighted by Gasteiger charge is 2.22. The van der Waals surface area contributed by atoms with Crippen LogP contribution in [0.1, 0.15) is 0 Å².